The van der Waals surface area contributed by atoms with Gasteiger partial charge < -0.3 is 15.2 Å². The number of ether oxygens (including phenoxy) is 1. The van der Waals surface area contributed by atoms with Gasteiger partial charge in [0, 0.05) is 6.54 Å². The lowest BCUT2D eigenvalue weighted by molar-refractivity contribution is -0.133. The van der Waals surface area contributed by atoms with Gasteiger partial charge in [-0.1, -0.05) is 18.2 Å². The van der Waals surface area contributed by atoms with E-state index in [4.69, 9.17) is 9.84 Å². The SMILES string of the molecule is O=C1COC(c2ccccc2C(=O)O)CN1. The van der Waals surface area contributed by atoms with Crippen molar-refractivity contribution in [2.45, 2.75) is 6.10 Å². The molecule has 84 valence electrons. The first kappa shape index (κ1) is 10.6. The minimum absolute atomic E-state index is 0.0291. The molecule has 0 spiro atoms. The third-order valence-corrected chi connectivity index (χ3v) is 2.44. The number of nitrogens with one attached hydrogen (secondary N) is 1. The van der Waals surface area contributed by atoms with Crippen molar-refractivity contribution in [1.82, 2.24) is 5.32 Å². The molecule has 1 atom stereocenters. The second-order valence-corrected chi connectivity index (χ2v) is 3.50. The molecule has 5 nitrogen and oxygen atoms in total. The van der Waals surface area contributed by atoms with E-state index < -0.39 is 5.97 Å². The Morgan fingerprint density at radius 2 is 2.19 bits per heavy atom. The standard InChI is InChI=1S/C11H11NO4/c13-10-6-16-9(5-12-10)7-3-1-2-4-8(7)11(14)15/h1-4,9H,5-6H2,(H,12,13)(H,14,15). The lowest BCUT2D eigenvalue weighted by Gasteiger charge is -2.24. The number of carboxylic acid groups (broad SMARTS) is 1. The van der Waals surface area contributed by atoms with E-state index in [0.29, 0.717) is 12.1 Å². The second kappa shape index (κ2) is 4.32. The Morgan fingerprint density at radius 1 is 1.44 bits per heavy atom. The molecule has 1 aromatic rings. The van der Waals surface area contributed by atoms with Gasteiger partial charge in [0.25, 0.3) is 0 Å². The molecule has 1 unspecified atom stereocenters. The maximum Gasteiger partial charge on any atom is 0.336 e. The van der Waals surface area contributed by atoms with Crippen molar-refractivity contribution in [2.24, 2.45) is 0 Å². The van der Waals surface area contributed by atoms with Crippen molar-refractivity contribution in [3.05, 3.63) is 35.4 Å². The molecule has 0 radical (unpaired) electrons. The molecule has 0 bridgehead atoms. The monoisotopic (exact) mass is 221 g/mol. The van der Waals surface area contributed by atoms with Crippen molar-refractivity contribution < 1.29 is 19.4 Å². The molecule has 16 heavy (non-hydrogen) atoms. The number of hydrogen-bond acceptors (Lipinski definition) is 3. The molecular formula is C11H11NO4. The first-order valence-electron chi connectivity index (χ1n) is 4.89. The van der Waals surface area contributed by atoms with Crippen LogP contribution in [0.5, 0.6) is 0 Å². The van der Waals surface area contributed by atoms with Crippen molar-refractivity contribution in [3.63, 3.8) is 0 Å². The number of amides is 1. The summed E-state index contributed by atoms with van der Waals surface area (Å²) in [5, 5.41) is 11.6. The fourth-order valence-corrected chi connectivity index (χ4v) is 1.67. The number of carboxylic acids is 1. The largest absolute Gasteiger partial charge is 0.478 e. The summed E-state index contributed by atoms with van der Waals surface area (Å²) in [5.74, 6) is -1.17. The van der Waals surface area contributed by atoms with Crippen LogP contribution in [0.3, 0.4) is 0 Å². The van der Waals surface area contributed by atoms with Crippen LogP contribution < -0.4 is 5.32 Å². The third kappa shape index (κ3) is 2.04. The molecule has 1 heterocycles. The first-order chi connectivity index (χ1) is 7.68. The van der Waals surface area contributed by atoms with E-state index in [0.717, 1.165) is 0 Å². The Morgan fingerprint density at radius 3 is 2.81 bits per heavy atom. The minimum atomic E-state index is -0.990. The zero-order chi connectivity index (χ0) is 11.5. The molecule has 1 aliphatic heterocycles. The summed E-state index contributed by atoms with van der Waals surface area (Å²) in [4.78, 5) is 21.9. The summed E-state index contributed by atoms with van der Waals surface area (Å²) in [5.41, 5.74) is 0.804. The van der Waals surface area contributed by atoms with Gasteiger partial charge in [0.1, 0.15) is 12.7 Å². The highest BCUT2D eigenvalue weighted by atomic mass is 16.5. The highest BCUT2D eigenvalue weighted by Crippen LogP contribution is 2.22. The van der Waals surface area contributed by atoms with Gasteiger partial charge in [-0.2, -0.15) is 0 Å². The zero-order valence-electron chi connectivity index (χ0n) is 8.47. The molecule has 0 aromatic heterocycles. The van der Waals surface area contributed by atoms with E-state index in [1.807, 2.05) is 0 Å². The lowest BCUT2D eigenvalue weighted by atomic mass is 10.0. The molecule has 1 saturated heterocycles. The lowest BCUT2D eigenvalue weighted by Crippen LogP contribution is -2.39. The van der Waals surface area contributed by atoms with Gasteiger partial charge in [-0.15, -0.1) is 0 Å². The van der Waals surface area contributed by atoms with Crippen LogP contribution in [0.2, 0.25) is 0 Å². The average molecular weight is 221 g/mol. The molecule has 5 heteroatoms. The van der Waals surface area contributed by atoms with Gasteiger partial charge >= 0.3 is 5.97 Å². The Balaban J connectivity index is 2.26. The van der Waals surface area contributed by atoms with Crippen LogP contribution in [0.25, 0.3) is 0 Å². The molecule has 1 amide bonds. The summed E-state index contributed by atoms with van der Waals surface area (Å²) in [6.45, 7) is 0.280. The Bertz CT molecular complexity index is 420. The Labute approximate surface area is 92.0 Å². The quantitative estimate of drug-likeness (QED) is 0.765. The number of carbonyl (C=O) groups is 2. The Kier molecular flexibility index (Phi) is 2.87. The van der Waals surface area contributed by atoms with Gasteiger partial charge in [0.05, 0.1) is 5.56 Å². The number of rotatable bonds is 2. The highest BCUT2D eigenvalue weighted by molar-refractivity contribution is 5.89. The van der Waals surface area contributed by atoms with E-state index in [9.17, 15) is 9.59 Å². The van der Waals surface area contributed by atoms with Crippen molar-refractivity contribution >= 4 is 11.9 Å². The fourth-order valence-electron chi connectivity index (χ4n) is 1.67. The number of benzene rings is 1. The van der Waals surface area contributed by atoms with Gasteiger partial charge in [-0.3, -0.25) is 4.79 Å². The van der Waals surface area contributed by atoms with Gasteiger partial charge in [-0.25, -0.2) is 4.79 Å². The van der Waals surface area contributed by atoms with Gasteiger partial charge in [-0.05, 0) is 11.6 Å². The van der Waals surface area contributed by atoms with Crippen LogP contribution in [0.4, 0.5) is 0 Å². The summed E-state index contributed by atoms with van der Waals surface area (Å²) in [7, 11) is 0. The molecule has 1 aromatic carbocycles. The fraction of sp³-hybridized carbons (Fsp3) is 0.273. The Hall–Kier alpha value is -1.88. The van der Waals surface area contributed by atoms with Crippen molar-refractivity contribution in [2.75, 3.05) is 13.2 Å². The van der Waals surface area contributed by atoms with E-state index >= 15 is 0 Å². The van der Waals surface area contributed by atoms with Crippen LogP contribution in [-0.4, -0.2) is 30.1 Å². The number of morpholine rings is 1. The molecule has 1 aliphatic rings. The maximum atomic E-state index is 11.0. The molecule has 0 saturated carbocycles. The van der Waals surface area contributed by atoms with Crippen LogP contribution >= 0.6 is 0 Å². The van der Waals surface area contributed by atoms with Crippen LogP contribution in [0.15, 0.2) is 24.3 Å². The molecule has 0 aliphatic carbocycles. The van der Waals surface area contributed by atoms with Crippen molar-refractivity contribution in [3.8, 4) is 0 Å². The number of hydrogen-bond donors (Lipinski definition) is 2. The zero-order valence-corrected chi connectivity index (χ0v) is 8.47. The summed E-state index contributed by atoms with van der Waals surface area (Å²) < 4.78 is 5.29. The maximum absolute atomic E-state index is 11.0. The van der Waals surface area contributed by atoms with E-state index in [1.165, 1.54) is 6.07 Å². The summed E-state index contributed by atoms with van der Waals surface area (Å²) >= 11 is 0. The van der Waals surface area contributed by atoms with E-state index in [1.54, 1.807) is 18.2 Å². The molecule has 1 fully saturated rings. The average Bonchev–Trinajstić information content (AvgIpc) is 2.30. The van der Waals surface area contributed by atoms with Crippen LogP contribution in [-0.2, 0) is 9.53 Å². The molecular weight excluding hydrogens is 210 g/mol. The number of aromatic carboxylic acids is 1. The minimum Gasteiger partial charge on any atom is -0.478 e. The smallest absolute Gasteiger partial charge is 0.336 e. The number of carbonyl (C=O) groups excluding carboxylic acids is 1. The van der Waals surface area contributed by atoms with Crippen LogP contribution in [0.1, 0.15) is 22.0 Å². The second-order valence-electron chi connectivity index (χ2n) is 3.50. The van der Waals surface area contributed by atoms with Crippen molar-refractivity contribution in [1.29, 1.82) is 0 Å². The first-order valence-corrected chi connectivity index (χ1v) is 4.89. The predicted octanol–water partition coefficient (Wildman–Crippen LogP) is 0.572. The highest BCUT2D eigenvalue weighted by Gasteiger charge is 2.23. The van der Waals surface area contributed by atoms with E-state index in [2.05, 4.69) is 5.32 Å². The summed E-state index contributed by atoms with van der Waals surface area (Å²) in [6.07, 6.45) is -0.384. The summed E-state index contributed by atoms with van der Waals surface area (Å²) in [6, 6.07) is 6.64. The molecule has 2 N–H and O–H groups in total. The van der Waals surface area contributed by atoms with E-state index in [-0.39, 0.29) is 24.2 Å². The predicted molar refractivity (Wildman–Crippen MR) is 55.1 cm³/mol. The van der Waals surface area contributed by atoms with Crippen LogP contribution in [0, 0.1) is 0 Å². The van der Waals surface area contributed by atoms with Gasteiger partial charge in [0.15, 0.2) is 0 Å². The topological polar surface area (TPSA) is 75.6 Å². The normalized spacial score (nSPS) is 20.2. The third-order valence-electron chi connectivity index (χ3n) is 2.44. The molecule has 2 rings (SSSR count). The van der Waals surface area contributed by atoms with Gasteiger partial charge in [0.2, 0.25) is 5.91 Å².